The summed E-state index contributed by atoms with van der Waals surface area (Å²) in [5, 5.41) is 7.25. The highest BCUT2D eigenvalue weighted by atomic mass is 16.5. The summed E-state index contributed by atoms with van der Waals surface area (Å²) in [4.78, 5) is 25.0. The number of hydrogen-bond donors (Lipinski definition) is 1. The highest BCUT2D eigenvalue weighted by Crippen LogP contribution is 2.34. The molecule has 0 saturated heterocycles. The number of rotatable bonds is 5. The molecule has 0 aliphatic carbocycles. The zero-order valence-corrected chi connectivity index (χ0v) is 16.0. The monoisotopic (exact) mass is 368 g/mol. The first-order valence-electron chi connectivity index (χ1n) is 8.77. The third-order valence-electron chi connectivity index (χ3n) is 4.38. The summed E-state index contributed by atoms with van der Waals surface area (Å²) >= 11 is 0. The molecule has 3 rings (SSSR count). The van der Waals surface area contributed by atoms with E-state index in [1.807, 2.05) is 24.3 Å². The standard InChI is InChI=1S/C20H24N4O3/c1-20(2,3)18(14-8-7-9-15(12-14)27-4)21-17(25)13-24-19(26)23-11-6-5-10-16(23)22-24/h5-12,18H,13H2,1-4H3,(H,21,25). The minimum atomic E-state index is -0.338. The Morgan fingerprint density at radius 3 is 2.67 bits per heavy atom. The van der Waals surface area contributed by atoms with Gasteiger partial charge in [-0.05, 0) is 35.2 Å². The topological polar surface area (TPSA) is 77.6 Å². The Kier molecular flexibility index (Phi) is 5.03. The van der Waals surface area contributed by atoms with Gasteiger partial charge in [0.15, 0.2) is 5.65 Å². The van der Waals surface area contributed by atoms with Gasteiger partial charge < -0.3 is 10.1 Å². The Morgan fingerprint density at radius 1 is 1.22 bits per heavy atom. The maximum Gasteiger partial charge on any atom is 0.350 e. The predicted molar refractivity (Wildman–Crippen MR) is 103 cm³/mol. The largest absolute Gasteiger partial charge is 0.497 e. The average Bonchev–Trinajstić information content (AvgIpc) is 2.95. The van der Waals surface area contributed by atoms with Crippen molar-refractivity contribution in [2.75, 3.05) is 7.11 Å². The second kappa shape index (κ2) is 7.26. The SMILES string of the molecule is COc1cccc(C(NC(=O)Cn2nc3ccccn3c2=O)C(C)(C)C)c1. The fourth-order valence-electron chi connectivity index (χ4n) is 3.03. The highest BCUT2D eigenvalue weighted by molar-refractivity contribution is 5.76. The first kappa shape index (κ1) is 18.7. The number of methoxy groups -OCH3 is 1. The van der Waals surface area contributed by atoms with Crippen LogP contribution in [0.4, 0.5) is 0 Å². The molecule has 1 N–H and O–H groups in total. The van der Waals surface area contributed by atoms with Crippen LogP contribution in [0.3, 0.4) is 0 Å². The Hall–Kier alpha value is -3.09. The van der Waals surface area contributed by atoms with Crippen molar-refractivity contribution in [3.8, 4) is 5.75 Å². The number of aromatic nitrogens is 3. The molecule has 27 heavy (non-hydrogen) atoms. The number of ether oxygens (including phenoxy) is 1. The van der Waals surface area contributed by atoms with Crippen molar-refractivity contribution in [2.24, 2.45) is 5.41 Å². The first-order valence-corrected chi connectivity index (χ1v) is 8.77. The van der Waals surface area contributed by atoms with Crippen LogP contribution in [0.2, 0.25) is 0 Å². The van der Waals surface area contributed by atoms with E-state index in [4.69, 9.17) is 4.74 Å². The first-order chi connectivity index (χ1) is 12.8. The summed E-state index contributed by atoms with van der Waals surface area (Å²) < 4.78 is 7.89. The Labute approximate surface area is 157 Å². The molecule has 1 atom stereocenters. The van der Waals surface area contributed by atoms with E-state index in [0.717, 1.165) is 11.3 Å². The molecule has 1 amide bonds. The van der Waals surface area contributed by atoms with E-state index in [-0.39, 0.29) is 29.6 Å². The quantitative estimate of drug-likeness (QED) is 0.750. The van der Waals surface area contributed by atoms with Crippen LogP contribution in [0.5, 0.6) is 5.75 Å². The third kappa shape index (κ3) is 4.02. The van der Waals surface area contributed by atoms with Crippen molar-refractivity contribution in [3.05, 3.63) is 64.7 Å². The van der Waals surface area contributed by atoms with E-state index in [0.29, 0.717) is 5.65 Å². The minimum Gasteiger partial charge on any atom is -0.497 e. The Balaban J connectivity index is 1.84. The van der Waals surface area contributed by atoms with Crippen molar-refractivity contribution in [2.45, 2.75) is 33.4 Å². The molecule has 7 nitrogen and oxygen atoms in total. The van der Waals surface area contributed by atoms with E-state index in [2.05, 4.69) is 31.2 Å². The lowest BCUT2D eigenvalue weighted by atomic mass is 9.82. The van der Waals surface area contributed by atoms with Gasteiger partial charge in [-0.25, -0.2) is 9.48 Å². The lowest BCUT2D eigenvalue weighted by Gasteiger charge is -2.32. The molecule has 0 aliphatic heterocycles. The van der Waals surface area contributed by atoms with Gasteiger partial charge in [0.2, 0.25) is 5.91 Å². The fraction of sp³-hybridized carbons (Fsp3) is 0.350. The van der Waals surface area contributed by atoms with Crippen molar-refractivity contribution in [1.29, 1.82) is 0 Å². The molecule has 0 bridgehead atoms. The highest BCUT2D eigenvalue weighted by Gasteiger charge is 2.28. The number of hydrogen-bond acceptors (Lipinski definition) is 4. The van der Waals surface area contributed by atoms with Crippen LogP contribution in [0.15, 0.2) is 53.5 Å². The summed E-state index contributed by atoms with van der Waals surface area (Å²) in [7, 11) is 1.61. The number of carbonyl (C=O) groups excluding carboxylic acids is 1. The summed E-state index contributed by atoms with van der Waals surface area (Å²) in [5.74, 6) is 0.454. The molecule has 1 unspecified atom stereocenters. The summed E-state index contributed by atoms with van der Waals surface area (Å²) in [5.41, 5.74) is 0.883. The smallest absolute Gasteiger partial charge is 0.350 e. The molecule has 1 aromatic carbocycles. The molecule has 2 heterocycles. The maximum absolute atomic E-state index is 12.7. The fourth-order valence-corrected chi connectivity index (χ4v) is 3.03. The average molecular weight is 368 g/mol. The van der Waals surface area contributed by atoms with Crippen LogP contribution in [-0.2, 0) is 11.3 Å². The van der Waals surface area contributed by atoms with E-state index < -0.39 is 0 Å². The van der Waals surface area contributed by atoms with E-state index >= 15 is 0 Å². The number of fused-ring (bicyclic) bond motifs is 1. The molecule has 0 fully saturated rings. The number of benzene rings is 1. The number of carbonyl (C=O) groups is 1. The van der Waals surface area contributed by atoms with Crippen LogP contribution < -0.4 is 15.7 Å². The number of amides is 1. The lowest BCUT2D eigenvalue weighted by Crippen LogP contribution is -2.40. The molecule has 0 saturated carbocycles. The Morgan fingerprint density at radius 2 is 2.00 bits per heavy atom. The van der Waals surface area contributed by atoms with Gasteiger partial charge in [-0.15, -0.1) is 5.10 Å². The van der Waals surface area contributed by atoms with Crippen LogP contribution in [0.25, 0.3) is 5.65 Å². The van der Waals surface area contributed by atoms with Gasteiger partial charge in [-0.1, -0.05) is 39.0 Å². The molecule has 0 aliphatic rings. The lowest BCUT2D eigenvalue weighted by molar-refractivity contribution is -0.123. The molecule has 3 aromatic rings. The van der Waals surface area contributed by atoms with E-state index in [1.54, 1.807) is 31.5 Å². The molecular formula is C20H24N4O3. The van der Waals surface area contributed by atoms with Crippen LogP contribution in [-0.4, -0.2) is 27.2 Å². The number of pyridine rings is 1. The summed E-state index contributed by atoms with van der Waals surface area (Å²) in [6.07, 6.45) is 1.63. The zero-order valence-electron chi connectivity index (χ0n) is 16.0. The van der Waals surface area contributed by atoms with Gasteiger partial charge in [0.25, 0.3) is 0 Å². The van der Waals surface area contributed by atoms with Gasteiger partial charge in [-0.3, -0.25) is 9.20 Å². The molecular weight excluding hydrogens is 344 g/mol. The van der Waals surface area contributed by atoms with Crippen molar-refractivity contribution >= 4 is 11.6 Å². The van der Waals surface area contributed by atoms with Crippen LogP contribution in [0, 0.1) is 5.41 Å². The minimum absolute atomic E-state index is 0.142. The normalized spacial score (nSPS) is 12.7. The van der Waals surface area contributed by atoms with E-state index in [1.165, 1.54) is 9.08 Å². The summed E-state index contributed by atoms with van der Waals surface area (Å²) in [6.45, 7) is 6.01. The molecule has 0 radical (unpaired) electrons. The predicted octanol–water partition coefficient (Wildman–Crippen LogP) is 2.41. The van der Waals surface area contributed by atoms with Crippen LogP contribution >= 0.6 is 0 Å². The second-order valence-electron chi connectivity index (χ2n) is 7.51. The van der Waals surface area contributed by atoms with Gasteiger partial charge in [0.1, 0.15) is 12.3 Å². The second-order valence-corrected chi connectivity index (χ2v) is 7.51. The molecule has 2 aromatic heterocycles. The number of nitrogens with one attached hydrogen (secondary N) is 1. The third-order valence-corrected chi connectivity index (χ3v) is 4.38. The molecule has 7 heteroatoms. The van der Waals surface area contributed by atoms with Crippen molar-refractivity contribution in [1.82, 2.24) is 19.5 Å². The summed E-state index contributed by atoms with van der Waals surface area (Å²) in [6, 6.07) is 12.6. The van der Waals surface area contributed by atoms with Crippen LogP contribution in [0.1, 0.15) is 32.4 Å². The van der Waals surface area contributed by atoms with E-state index in [9.17, 15) is 9.59 Å². The van der Waals surface area contributed by atoms with Gasteiger partial charge >= 0.3 is 5.69 Å². The van der Waals surface area contributed by atoms with Gasteiger partial charge in [0, 0.05) is 6.20 Å². The maximum atomic E-state index is 12.7. The zero-order chi connectivity index (χ0) is 19.6. The van der Waals surface area contributed by atoms with Gasteiger partial charge in [-0.2, -0.15) is 0 Å². The molecule has 142 valence electrons. The Bertz CT molecular complexity index is 1010. The van der Waals surface area contributed by atoms with Gasteiger partial charge in [0.05, 0.1) is 13.2 Å². The molecule has 0 spiro atoms. The van der Waals surface area contributed by atoms with Crippen molar-refractivity contribution in [3.63, 3.8) is 0 Å². The van der Waals surface area contributed by atoms with Crippen molar-refractivity contribution < 1.29 is 9.53 Å². The number of nitrogens with zero attached hydrogens (tertiary/aromatic N) is 3.